The maximum Gasteiger partial charge on any atom is 0.177 e. The highest BCUT2D eigenvalue weighted by Crippen LogP contribution is 2.33. The molecule has 1 atom stereocenters. The number of hydrogen-bond donors (Lipinski definition) is 1. The van der Waals surface area contributed by atoms with Crippen molar-refractivity contribution in [1.29, 1.82) is 0 Å². The molecule has 0 spiro atoms. The molecule has 7 heteroatoms. The molecule has 0 saturated heterocycles. The highest BCUT2D eigenvalue weighted by molar-refractivity contribution is 7.91. The Morgan fingerprint density at radius 1 is 0.885 bits per heavy atom. The molecule has 0 heterocycles. The molecule has 5 nitrogen and oxygen atoms in total. The van der Waals surface area contributed by atoms with Gasteiger partial charge in [0.25, 0.3) is 0 Å². The molecule has 0 saturated carbocycles. The van der Waals surface area contributed by atoms with Crippen LogP contribution in [0.25, 0.3) is 0 Å². The van der Waals surface area contributed by atoms with Gasteiger partial charge in [-0.15, -0.1) is 0 Å². The summed E-state index contributed by atoms with van der Waals surface area (Å²) in [4.78, 5) is -0.0277. The molecule has 0 aliphatic heterocycles. The average Bonchev–Trinajstić information content (AvgIpc) is 2.51. The fourth-order valence-corrected chi connectivity index (χ4v) is 4.46. The normalized spacial score (nSPS) is 13.6. The third-order valence-electron chi connectivity index (χ3n) is 4.28. The number of rotatable bonds is 6. The third kappa shape index (κ3) is 4.65. The Bertz CT molecular complexity index is 1010. The van der Waals surface area contributed by atoms with Crippen molar-refractivity contribution in [3.8, 4) is 0 Å². The van der Waals surface area contributed by atoms with Gasteiger partial charge in [0.1, 0.15) is 0 Å². The summed E-state index contributed by atoms with van der Waals surface area (Å²) in [6, 6.07) is 12.0. The van der Waals surface area contributed by atoms with Gasteiger partial charge in [-0.2, -0.15) is 0 Å². The van der Waals surface area contributed by atoms with Crippen molar-refractivity contribution >= 4 is 25.4 Å². The third-order valence-corrected chi connectivity index (χ3v) is 6.53. The quantitative estimate of drug-likeness (QED) is 0.808. The highest BCUT2D eigenvalue weighted by atomic mass is 32.2. The number of benzene rings is 2. The van der Waals surface area contributed by atoms with E-state index in [1.807, 2.05) is 31.2 Å². The smallest absolute Gasteiger partial charge is 0.177 e. The van der Waals surface area contributed by atoms with Crippen molar-refractivity contribution in [2.45, 2.75) is 36.6 Å². The molecule has 2 aromatic carbocycles. The van der Waals surface area contributed by atoms with Crippen LogP contribution < -0.4 is 5.32 Å². The number of aryl methyl sites for hydroxylation is 1. The molecule has 0 aromatic heterocycles. The minimum Gasteiger partial charge on any atom is -0.377 e. The zero-order valence-electron chi connectivity index (χ0n) is 15.6. The van der Waals surface area contributed by atoms with Crippen LogP contribution >= 0.6 is 0 Å². The minimum absolute atomic E-state index is 0.0135. The van der Waals surface area contributed by atoms with E-state index in [9.17, 15) is 16.8 Å². The molecule has 0 aliphatic carbocycles. The van der Waals surface area contributed by atoms with Gasteiger partial charge in [-0.25, -0.2) is 16.8 Å². The van der Waals surface area contributed by atoms with E-state index in [4.69, 9.17) is 0 Å². The van der Waals surface area contributed by atoms with Gasteiger partial charge in [0.15, 0.2) is 19.7 Å². The molecule has 0 radical (unpaired) electrons. The lowest BCUT2D eigenvalue weighted by Crippen LogP contribution is -2.19. The van der Waals surface area contributed by atoms with Crippen molar-refractivity contribution in [3.05, 3.63) is 53.6 Å². The van der Waals surface area contributed by atoms with E-state index in [-0.39, 0.29) is 21.8 Å². The summed E-state index contributed by atoms with van der Waals surface area (Å²) >= 11 is 0. The lowest BCUT2D eigenvalue weighted by Gasteiger charge is -2.27. The SMILES string of the molecule is Cc1ccccc1C(Nc1ccc(S(C)(=O)=O)cc1S(C)(=O)=O)C(C)C. The Hall–Kier alpha value is -1.86. The molecule has 1 N–H and O–H groups in total. The van der Waals surface area contributed by atoms with E-state index in [0.29, 0.717) is 5.69 Å². The van der Waals surface area contributed by atoms with Gasteiger partial charge < -0.3 is 5.32 Å². The topological polar surface area (TPSA) is 80.3 Å². The van der Waals surface area contributed by atoms with Crippen LogP contribution in [0.3, 0.4) is 0 Å². The Kier molecular flexibility index (Phi) is 5.82. The van der Waals surface area contributed by atoms with Crippen LogP contribution in [0.1, 0.15) is 31.0 Å². The van der Waals surface area contributed by atoms with Crippen molar-refractivity contribution < 1.29 is 16.8 Å². The average molecular weight is 396 g/mol. The summed E-state index contributed by atoms with van der Waals surface area (Å²) < 4.78 is 48.1. The second-order valence-corrected chi connectivity index (χ2v) is 10.9. The molecule has 2 rings (SSSR count). The van der Waals surface area contributed by atoms with Gasteiger partial charge >= 0.3 is 0 Å². The van der Waals surface area contributed by atoms with E-state index < -0.39 is 19.7 Å². The Labute approximate surface area is 156 Å². The predicted molar refractivity (Wildman–Crippen MR) is 105 cm³/mol. The molecule has 0 fully saturated rings. The zero-order valence-corrected chi connectivity index (χ0v) is 17.3. The molecule has 26 heavy (non-hydrogen) atoms. The van der Waals surface area contributed by atoms with Crippen molar-refractivity contribution in [2.24, 2.45) is 5.92 Å². The molecular formula is C19H25NO4S2. The number of sulfone groups is 2. The highest BCUT2D eigenvalue weighted by Gasteiger charge is 2.23. The largest absolute Gasteiger partial charge is 0.377 e. The van der Waals surface area contributed by atoms with Crippen molar-refractivity contribution in [1.82, 2.24) is 0 Å². The van der Waals surface area contributed by atoms with Gasteiger partial charge in [-0.1, -0.05) is 38.1 Å². The van der Waals surface area contributed by atoms with Crippen molar-refractivity contribution in [3.63, 3.8) is 0 Å². The van der Waals surface area contributed by atoms with E-state index in [1.54, 1.807) is 0 Å². The van der Waals surface area contributed by atoms with Crippen LogP contribution in [-0.2, 0) is 19.7 Å². The van der Waals surface area contributed by atoms with Crippen LogP contribution in [-0.4, -0.2) is 29.3 Å². The van der Waals surface area contributed by atoms with Gasteiger partial charge in [0.05, 0.1) is 21.5 Å². The van der Waals surface area contributed by atoms with Gasteiger partial charge in [-0.3, -0.25) is 0 Å². The standard InChI is InChI=1S/C19H25NO4S2/c1-13(2)19(16-9-7-6-8-14(16)3)20-17-11-10-15(25(4,21)22)12-18(17)26(5,23)24/h6-13,19-20H,1-5H3. The van der Waals surface area contributed by atoms with E-state index in [1.165, 1.54) is 18.2 Å². The Morgan fingerprint density at radius 2 is 1.50 bits per heavy atom. The first-order valence-electron chi connectivity index (χ1n) is 8.27. The fraction of sp³-hybridized carbons (Fsp3) is 0.368. The first-order valence-corrected chi connectivity index (χ1v) is 12.1. The summed E-state index contributed by atoms with van der Waals surface area (Å²) in [5, 5.41) is 3.32. The van der Waals surface area contributed by atoms with Crippen molar-refractivity contribution in [2.75, 3.05) is 17.8 Å². The predicted octanol–water partition coefficient (Wildman–Crippen LogP) is 3.61. The van der Waals surface area contributed by atoms with Crippen LogP contribution in [0, 0.1) is 12.8 Å². The molecule has 2 aromatic rings. The first-order chi connectivity index (χ1) is 11.9. The second-order valence-electron chi connectivity index (χ2n) is 6.92. The summed E-state index contributed by atoms with van der Waals surface area (Å²) in [5.74, 6) is 0.193. The summed E-state index contributed by atoms with van der Waals surface area (Å²) in [7, 11) is -7.11. The molecule has 1 unspecified atom stereocenters. The summed E-state index contributed by atoms with van der Waals surface area (Å²) in [6.45, 7) is 6.11. The van der Waals surface area contributed by atoms with E-state index in [2.05, 4.69) is 19.2 Å². The molecule has 142 valence electrons. The monoisotopic (exact) mass is 395 g/mol. The van der Waals surface area contributed by atoms with Crippen LogP contribution in [0.4, 0.5) is 5.69 Å². The molecular weight excluding hydrogens is 370 g/mol. The fourth-order valence-electron chi connectivity index (χ4n) is 2.87. The van der Waals surface area contributed by atoms with Gasteiger partial charge in [-0.05, 0) is 42.2 Å². The van der Waals surface area contributed by atoms with Crippen LogP contribution in [0.5, 0.6) is 0 Å². The lowest BCUT2D eigenvalue weighted by atomic mass is 9.92. The maximum absolute atomic E-state index is 12.3. The first kappa shape index (κ1) is 20.5. The maximum atomic E-state index is 12.3. The number of hydrogen-bond acceptors (Lipinski definition) is 5. The molecule has 0 amide bonds. The van der Waals surface area contributed by atoms with Crippen LogP contribution in [0.15, 0.2) is 52.3 Å². The Morgan fingerprint density at radius 3 is 2.00 bits per heavy atom. The number of anilines is 1. The molecule has 0 bridgehead atoms. The van der Waals surface area contributed by atoms with Gasteiger partial charge in [0.2, 0.25) is 0 Å². The van der Waals surface area contributed by atoms with E-state index >= 15 is 0 Å². The summed E-state index contributed by atoms with van der Waals surface area (Å²) in [6.07, 6.45) is 2.14. The van der Waals surface area contributed by atoms with Crippen LogP contribution in [0.2, 0.25) is 0 Å². The van der Waals surface area contributed by atoms with Gasteiger partial charge in [0, 0.05) is 12.5 Å². The lowest BCUT2D eigenvalue weighted by molar-refractivity contribution is 0.542. The minimum atomic E-state index is -3.61. The zero-order chi connectivity index (χ0) is 19.7. The molecule has 0 aliphatic rings. The van der Waals surface area contributed by atoms with E-state index in [0.717, 1.165) is 23.6 Å². The Balaban J connectivity index is 2.58. The summed E-state index contributed by atoms with van der Waals surface area (Å²) in [5.41, 5.74) is 2.59. The second kappa shape index (κ2) is 7.40. The number of nitrogens with one attached hydrogen (secondary N) is 1.